The average Bonchev–Trinajstić information content (AvgIpc) is 2.97. The van der Waals surface area contributed by atoms with Gasteiger partial charge in [-0.3, -0.25) is 0 Å². The van der Waals surface area contributed by atoms with Crippen LogP contribution in [0.2, 0.25) is 5.02 Å². The van der Waals surface area contributed by atoms with Crippen LogP contribution in [-0.2, 0) is 4.74 Å². The molecule has 2 N–H and O–H groups in total. The predicted molar refractivity (Wildman–Crippen MR) is 79.1 cm³/mol. The van der Waals surface area contributed by atoms with Gasteiger partial charge in [0, 0.05) is 0 Å². The van der Waals surface area contributed by atoms with Crippen molar-refractivity contribution < 1.29 is 14.2 Å². The van der Waals surface area contributed by atoms with Gasteiger partial charge in [0.2, 0.25) is 6.79 Å². The van der Waals surface area contributed by atoms with Crippen LogP contribution in [0.25, 0.3) is 0 Å². The zero-order valence-electron chi connectivity index (χ0n) is 11.6. The van der Waals surface area contributed by atoms with Crippen molar-refractivity contribution in [1.29, 1.82) is 5.26 Å². The van der Waals surface area contributed by atoms with Gasteiger partial charge in [0.1, 0.15) is 12.7 Å². The first kappa shape index (κ1) is 15.3. The van der Waals surface area contributed by atoms with E-state index in [4.69, 9.17) is 36.8 Å². The number of rotatable bonds is 4. The van der Waals surface area contributed by atoms with Gasteiger partial charge >= 0.3 is 0 Å². The number of hydrogen-bond acceptors (Lipinski definition) is 5. The second kappa shape index (κ2) is 7.08. The number of nitriles is 1. The van der Waals surface area contributed by atoms with Crippen LogP contribution in [0, 0.1) is 23.2 Å². The van der Waals surface area contributed by atoms with Gasteiger partial charge in [-0.2, -0.15) is 5.26 Å². The van der Waals surface area contributed by atoms with Crippen molar-refractivity contribution in [2.75, 3.05) is 19.1 Å². The Morgan fingerprint density at radius 2 is 2.24 bits per heavy atom. The maximum atomic E-state index is 8.88. The lowest BCUT2D eigenvalue weighted by atomic mass is 10.1. The molecule has 0 saturated carbocycles. The molecule has 0 amide bonds. The highest BCUT2D eigenvalue weighted by molar-refractivity contribution is 6.33. The third-order valence-corrected chi connectivity index (χ3v) is 3.22. The molecule has 0 fully saturated rings. The van der Waals surface area contributed by atoms with Gasteiger partial charge in [-0.1, -0.05) is 36.8 Å². The maximum absolute atomic E-state index is 8.88. The van der Waals surface area contributed by atoms with Crippen molar-refractivity contribution >= 4 is 17.3 Å². The van der Waals surface area contributed by atoms with Crippen LogP contribution in [0.5, 0.6) is 11.5 Å². The molecular weight excluding hydrogens is 292 g/mol. The Bertz CT molecular complexity index is 629. The van der Waals surface area contributed by atoms with E-state index in [0.717, 1.165) is 6.42 Å². The molecule has 1 heterocycles. The van der Waals surface area contributed by atoms with E-state index in [-0.39, 0.29) is 13.4 Å². The van der Waals surface area contributed by atoms with Crippen molar-refractivity contribution in [2.24, 2.45) is 0 Å². The number of benzene rings is 1. The third-order valence-electron chi connectivity index (χ3n) is 2.90. The first-order chi connectivity index (χ1) is 10.2. The topological polar surface area (TPSA) is 77.5 Å². The van der Waals surface area contributed by atoms with Gasteiger partial charge in [0.15, 0.2) is 11.5 Å². The zero-order valence-corrected chi connectivity index (χ0v) is 12.4. The summed E-state index contributed by atoms with van der Waals surface area (Å²) in [5.41, 5.74) is 6.74. The highest BCUT2D eigenvalue weighted by Gasteiger charge is 2.22. The fourth-order valence-electron chi connectivity index (χ4n) is 1.87. The van der Waals surface area contributed by atoms with Crippen molar-refractivity contribution in [3.05, 3.63) is 16.7 Å². The second-order valence-corrected chi connectivity index (χ2v) is 4.81. The molecule has 1 aromatic rings. The van der Waals surface area contributed by atoms with Gasteiger partial charge in [0.05, 0.1) is 22.3 Å². The van der Waals surface area contributed by atoms with Crippen LogP contribution in [0.4, 0.5) is 5.69 Å². The number of ether oxygens (including phenoxy) is 3. The Morgan fingerprint density at radius 1 is 1.48 bits per heavy atom. The fourth-order valence-corrected chi connectivity index (χ4v) is 2.07. The van der Waals surface area contributed by atoms with Gasteiger partial charge in [-0.05, 0) is 12.5 Å². The minimum atomic E-state index is -0.426. The Morgan fingerprint density at radius 3 is 2.95 bits per heavy atom. The van der Waals surface area contributed by atoms with Gasteiger partial charge in [-0.25, -0.2) is 0 Å². The molecule has 1 aliphatic rings. The average molecular weight is 307 g/mol. The largest absolute Gasteiger partial charge is 0.452 e. The van der Waals surface area contributed by atoms with E-state index < -0.39 is 6.10 Å². The lowest BCUT2D eigenvalue weighted by Crippen LogP contribution is -2.09. The summed E-state index contributed by atoms with van der Waals surface area (Å²) in [5, 5.41) is 9.24. The van der Waals surface area contributed by atoms with Crippen LogP contribution in [0.1, 0.15) is 25.3 Å². The molecule has 1 atom stereocenters. The Balaban J connectivity index is 2.08. The number of nitrogen functional groups attached to an aromatic ring is 1. The second-order valence-electron chi connectivity index (χ2n) is 4.40. The zero-order chi connectivity index (χ0) is 15.2. The summed E-state index contributed by atoms with van der Waals surface area (Å²) < 4.78 is 16.0. The molecule has 0 aromatic heterocycles. The summed E-state index contributed by atoms with van der Waals surface area (Å²) in [6, 6.07) is 3.72. The summed E-state index contributed by atoms with van der Waals surface area (Å²) in [5.74, 6) is 6.67. The van der Waals surface area contributed by atoms with Gasteiger partial charge in [-0.15, -0.1) is 0 Å². The van der Waals surface area contributed by atoms with Crippen LogP contribution in [-0.4, -0.2) is 19.5 Å². The lowest BCUT2D eigenvalue weighted by Gasteiger charge is -2.06. The van der Waals surface area contributed by atoms with E-state index in [1.54, 1.807) is 6.07 Å². The summed E-state index contributed by atoms with van der Waals surface area (Å²) in [6.07, 6.45) is 1.15. The Kier molecular flexibility index (Phi) is 5.16. The van der Waals surface area contributed by atoms with Crippen molar-refractivity contribution in [3.63, 3.8) is 0 Å². The predicted octanol–water partition coefficient (Wildman–Crippen LogP) is 2.71. The molecular formula is C15H15ClN2O3. The van der Waals surface area contributed by atoms with E-state index in [1.807, 2.05) is 6.92 Å². The quantitative estimate of drug-likeness (QED) is 0.683. The molecule has 5 nitrogen and oxygen atoms in total. The van der Waals surface area contributed by atoms with E-state index in [1.165, 1.54) is 0 Å². The van der Waals surface area contributed by atoms with Gasteiger partial charge in [0.25, 0.3) is 0 Å². The van der Waals surface area contributed by atoms with Crippen LogP contribution >= 0.6 is 11.6 Å². The third kappa shape index (κ3) is 3.52. The first-order valence-corrected chi connectivity index (χ1v) is 6.92. The van der Waals surface area contributed by atoms with Crippen LogP contribution < -0.4 is 15.2 Å². The van der Waals surface area contributed by atoms with E-state index in [0.29, 0.717) is 34.2 Å². The minimum absolute atomic E-state index is 0.0953. The SMILES string of the molecule is CCCC(C#N)OCC#Cc1cc(Cl)c(N)c2c1OCO2. The van der Waals surface area contributed by atoms with Crippen molar-refractivity contribution in [1.82, 2.24) is 0 Å². The summed E-state index contributed by atoms with van der Waals surface area (Å²) >= 11 is 6.02. The lowest BCUT2D eigenvalue weighted by molar-refractivity contribution is 0.111. The van der Waals surface area contributed by atoms with E-state index in [9.17, 15) is 0 Å². The molecule has 0 aliphatic carbocycles. The number of nitrogens with zero attached hydrogens (tertiary/aromatic N) is 1. The molecule has 0 radical (unpaired) electrons. The summed E-state index contributed by atoms with van der Waals surface area (Å²) in [6.45, 7) is 2.25. The summed E-state index contributed by atoms with van der Waals surface area (Å²) in [4.78, 5) is 0. The molecule has 2 rings (SSSR count). The number of nitrogens with two attached hydrogens (primary N) is 1. The Labute approximate surface area is 128 Å². The number of halogens is 1. The highest BCUT2D eigenvalue weighted by Crippen LogP contribution is 2.44. The number of anilines is 1. The molecule has 6 heteroatoms. The minimum Gasteiger partial charge on any atom is -0.452 e. The van der Waals surface area contributed by atoms with Crippen molar-refractivity contribution in [2.45, 2.75) is 25.9 Å². The molecule has 0 saturated heterocycles. The molecule has 1 aliphatic heterocycles. The Hall–Kier alpha value is -2.08. The van der Waals surface area contributed by atoms with E-state index in [2.05, 4.69) is 17.9 Å². The first-order valence-electron chi connectivity index (χ1n) is 6.55. The van der Waals surface area contributed by atoms with E-state index >= 15 is 0 Å². The number of hydrogen-bond donors (Lipinski definition) is 1. The van der Waals surface area contributed by atoms with Crippen LogP contribution in [0.3, 0.4) is 0 Å². The monoisotopic (exact) mass is 306 g/mol. The molecule has 1 unspecified atom stereocenters. The van der Waals surface area contributed by atoms with Crippen LogP contribution in [0.15, 0.2) is 6.07 Å². The molecule has 0 spiro atoms. The van der Waals surface area contributed by atoms with Crippen molar-refractivity contribution in [3.8, 4) is 29.4 Å². The molecule has 110 valence electrons. The number of fused-ring (bicyclic) bond motifs is 1. The molecule has 21 heavy (non-hydrogen) atoms. The molecule has 0 bridgehead atoms. The molecule has 1 aromatic carbocycles. The fraction of sp³-hybridized carbons (Fsp3) is 0.400. The highest BCUT2D eigenvalue weighted by atomic mass is 35.5. The summed E-state index contributed by atoms with van der Waals surface area (Å²) in [7, 11) is 0. The van der Waals surface area contributed by atoms with Gasteiger partial charge < -0.3 is 19.9 Å². The maximum Gasteiger partial charge on any atom is 0.231 e. The normalized spacial score (nSPS) is 13.2. The smallest absolute Gasteiger partial charge is 0.231 e. The standard InChI is InChI=1S/C15H15ClN2O3/c1-2-4-11(8-17)19-6-3-5-10-7-12(16)13(18)15-14(10)20-9-21-15/h7,11H,2,4,6,9,18H2,1H3.